The molecule has 1 amide bonds. The molecule has 1 aromatic heterocycles. The summed E-state index contributed by atoms with van der Waals surface area (Å²) >= 11 is 0. The number of nitrogens with zero attached hydrogens (tertiary/aromatic N) is 4. The van der Waals surface area contributed by atoms with Gasteiger partial charge in [-0.15, -0.1) is 0 Å². The number of piperidine rings is 1. The molecule has 0 aromatic carbocycles. The number of halogens is 2. The van der Waals surface area contributed by atoms with E-state index in [0.717, 1.165) is 12.8 Å². The second-order valence-electron chi connectivity index (χ2n) is 7.70. The number of nitrogens with one attached hydrogen (secondary N) is 1. The molecule has 2 fully saturated rings. The van der Waals surface area contributed by atoms with Crippen LogP contribution in [0.3, 0.4) is 0 Å². The topological polar surface area (TPSA) is 97.2 Å². The fraction of sp³-hybridized carbons (Fsp3) is 0.812. The predicted octanol–water partition coefficient (Wildman–Crippen LogP) is 0.942. The van der Waals surface area contributed by atoms with Gasteiger partial charge in [0.2, 0.25) is 11.9 Å². The molecule has 0 radical (unpaired) electrons. The first kappa shape index (κ1) is 18.6. The Bertz CT molecular complexity index is 815. The monoisotopic (exact) mass is 403 g/mol. The van der Waals surface area contributed by atoms with Gasteiger partial charge in [-0.3, -0.25) is 4.79 Å². The number of carbonyl (C=O) groups excluding carboxylic acids is 1. The lowest BCUT2D eigenvalue weighted by atomic mass is 9.85. The number of hydrogen-bond donors (Lipinski definition) is 1. The zero-order valence-corrected chi connectivity index (χ0v) is 15.6. The van der Waals surface area contributed by atoms with Gasteiger partial charge >= 0.3 is 0 Å². The smallest absolute Gasteiger partial charge is 0.260 e. The molecule has 0 saturated carbocycles. The molecule has 4 atom stereocenters. The van der Waals surface area contributed by atoms with Gasteiger partial charge in [0.05, 0.1) is 17.4 Å². The molecule has 0 bridgehead atoms. The molecule has 150 valence electrons. The van der Waals surface area contributed by atoms with Crippen molar-refractivity contribution in [2.45, 2.75) is 44.2 Å². The number of sulfone groups is 1. The zero-order valence-electron chi connectivity index (χ0n) is 14.8. The molecular formula is C16H23F2N5O3S. The average molecular weight is 403 g/mol. The molecule has 3 aliphatic heterocycles. The van der Waals surface area contributed by atoms with Crippen molar-refractivity contribution in [3.63, 3.8) is 0 Å². The summed E-state index contributed by atoms with van der Waals surface area (Å²) in [7, 11) is -3.12. The highest BCUT2D eigenvalue weighted by Gasteiger charge is 2.41. The molecule has 4 heterocycles. The van der Waals surface area contributed by atoms with Crippen LogP contribution >= 0.6 is 0 Å². The number of fused-ring (bicyclic) bond motifs is 1. The maximum Gasteiger partial charge on any atom is 0.260 e. The van der Waals surface area contributed by atoms with Gasteiger partial charge in [0, 0.05) is 19.1 Å². The molecule has 2 saturated heterocycles. The van der Waals surface area contributed by atoms with Gasteiger partial charge in [-0.25, -0.2) is 21.9 Å². The van der Waals surface area contributed by atoms with E-state index >= 15 is 0 Å². The largest absolute Gasteiger partial charge is 0.351 e. The van der Waals surface area contributed by atoms with Crippen LogP contribution in [0.25, 0.3) is 0 Å². The maximum absolute atomic E-state index is 13.5. The molecule has 0 aliphatic carbocycles. The van der Waals surface area contributed by atoms with Crippen LogP contribution in [0, 0.1) is 11.8 Å². The number of aromatic nitrogens is 3. The van der Waals surface area contributed by atoms with E-state index in [1.165, 1.54) is 11.0 Å². The van der Waals surface area contributed by atoms with Crippen molar-refractivity contribution < 1.29 is 22.0 Å². The summed E-state index contributed by atoms with van der Waals surface area (Å²) in [4.78, 5) is 18.5. The Morgan fingerprint density at radius 2 is 2.15 bits per heavy atom. The fourth-order valence-electron chi connectivity index (χ4n) is 4.49. The highest BCUT2D eigenvalue weighted by molar-refractivity contribution is 7.91. The number of likely N-dealkylation sites (tertiary alicyclic amines) is 1. The van der Waals surface area contributed by atoms with Crippen LogP contribution in [0.4, 0.5) is 14.7 Å². The third-order valence-corrected chi connectivity index (χ3v) is 7.68. The van der Waals surface area contributed by atoms with E-state index in [4.69, 9.17) is 0 Å². The van der Waals surface area contributed by atoms with Gasteiger partial charge in [-0.2, -0.15) is 10.1 Å². The lowest BCUT2D eigenvalue weighted by molar-refractivity contribution is -0.136. The molecule has 0 unspecified atom stereocenters. The minimum absolute atomic E-state index is 0.0208. The molecular weight excluding hydrogens is 380 g/mol. The third kappa shape index (κ3) is 3.65. The van der Waals surface area contributed by atoms with Gasteiger partial charge in [0.1, 0.15) is 12.4 Å². The molecule has 1 N–H and O–H groups in total. The second-order valence-corrected chi connectivity index (χ2v) is 9.93. The van der Waals surface area contributed by atoms with Crippen LogP contribution in [-0.4, -0.2) is 71.1 Å². The van der Waals surface area contributed by atoms with Gasteiger partial charge < -0.3 is 10.2 Å². The second kappa shape index (κ2) is 6.99. The van der Waals surface area contributed by atoms with E-state index in [9.17, 15) is 22.0 Å². The van der Waals surface area contributed by atoms with Crippen LogP contribution in [0.2, 0.25) is 0 Å². The summed E-state index contributed by atoms with van der Waals surface area (Å²) in [5, 5.41) is 7.09. The quantitative estimate of drug-likeness (QED) is 0.807. The van der Waals surface area contributed by atoms with Gasteiger partial charge in [0.25, 0.3) is 6.43 Å². The molecule has 1 aromatic rings. The fourth-order valence-corrected chi connectivity index (χ4v) is 6.22. The Balaban J connectivity index is 1.45. The number of amides is 1. The summed E-state index contributed by atoms with van der Waals surface area (Å²) in [5.41, 5.74) is 0. The Kier molecular flexibility index (Phi) is 4.81. The SMILES string of the molecule is O=C([C@H]1CCS(=O)(=O)C1)N1CCC[C@@H]([C@@H]2C[C@H](C(F)F)n3ncnc3N2)C1. The zero-order chi connectivity index (χ0) is 19.2. The van der Waals surface area contributed by atoms with Crippen LogP contribution in [0.5, 0.6) is 0 Å². The van der Waals surface area contributed by atoms with E-state index in [2.05, 4.69) is 15.4 Å². The van der Waals surface area contributed by atoms with Gasteiger partial charge in [0.15, 0.2) is 9.84 Å². The first-order chi connectivity index (χ1) is 12.8. The molecule has 0 spiro atoms. The van der Waals surface area contributed by atoms with Crippen LogP contribution < -0.4 is 5.32 Å². The summed E-state index contributed by atoms with van der Waals surface area (Å²) in [6, 6.07) is -1.25. The van der Waals surface area contributed by atoms with Crippen molar-refractivity contribution in [3.05, 3.63) is 6.33 Å². The third-order valence-electron chi connectivity index (χ3n) is 5.91. The van der Waals surface area contributed by atoms with Crippen LogP contribution in [-0.2, 0) is 14.6 Å². The summed E-state index contributed by atoms with van der Waals surface area (Å²) in [6.07, 6.45) is 0.922. The lowest BCUT2D eigenvalue weighted by Gasteiger charge is -2.41. The number of alkyl halides is 2. The van der Waals surface area contributed by atoms with E-state index in [0.29, 0.717) is 25.5 Å². The van der Waals surface area contributed by atoms with Crippen molar-refractivity contribution in [1.82, 2.24) is 19.7 Å². The van der Waals surface area contributed by atoms with Crippen LogP contribution in [0.1, 0.15) is 31.7 Å². The van der Waals surface area contributed by atoms with Crippen molar-refractivity contribution in [3.8, 4) is 0 Å². The molecule has 8 nitrogen and oxygen atoms in total. The minimum atomic E-state index is -3.12. The predicted molar refractivity (Wildman–Crippen MR) is 93.2 cm³/mol. The normalized spacial score (nSPS) is 32.9. The van der Waals surface area contributed by atoms with Crippen molar-refractivity contribution in [2.24, 2.45) is 11.8 Å². The summed E-state index contributed by atoms with van der Waals surface area (Å²) in [6.45, 7) is 1.05. The lowest BCUT2D eigenvalue weighted by Crippen LogP contribution is -2.49. The Morgan fingerprint density at radius 3 is 2.85 bits per heavy atom. The van der Waals surface area contributed by atoms with Crippen LogP contribution in [0.15, 0.2) is 6.33 Å². The van der Waals surface area contributed by atoms with Crippen molar-refractivity contribution in [2.75, 3.05) is 29.9 Å². The number of carbonyl (C=O) groups is 1. The van der Waals surface area contributed by atoms with E-state index in [1.54, 1.807) is 4.90 Å². The highest BCUT2D eigenvalue weighted by atomic mass is 32.2. The molecule has 4 rings (SSSR count). The first-order valence-electron chi connectivity index (χ1n) is 9.27. The maximum atomic E-state index is 13.5. The highest BCUT2D eigenvalue weighted by Crippen LogP contribution is 2.35. The molecule has 27 heavy (non-hydrogen) atoms. The Morgan fingerprint density at radius 1 is 1.33 bits per heavy atom. The van der Waals surface area contributed by atoms with E-state index < -0.39 is 28.2 Å². The van der Waals surface area contributed by atoms with E-state index in [-0.39, 0.29) is 35.8 Å². The molecule has 3 aliphatic rings. The number of hydrogen-bond acceptors (Lipinski definition) is 6. The van der Waals surface area contributed by atoms with Gasteiger partial charge in [-0.05, 0) is 31.6 Å². The molecule has 11 heteroatoms. The van der Waals surface area contributed by atoms with Gasteiger partial charge in [-0.1, -0.05) is 0 Å². The minimum Gasteiger partial charge on any atom is -0.351 e. The Labute approximate surface area is 156 Å². The Hall–Kier alpha value is -1.78. The number of anilines is 1. The van der Waals surface area contributed by atoms with E-state index in [1.807, 2.05) is 0 Å². The first-order valence-corrected chi connectivity index (χ1v) is 11.1. The number of rotatable bonds is 3. The average Bonchev–Trinajstić information content (AvgIpc) is 3.26. The van der Waals surface area contributed by atoms with Crippen molar-refractivity contribution >= 4 is 21.7 Å². The van der Waals surface area contributed by atoms with Crippen molar-refractivity contribution in [1.29, 1.82) is 0 Å². The standard InChI is InChI=1S/C16H23F2N5O3S/c17-14(18)13-6-12(21-16-19-9-20-23(13)16)10-2-1-4-22(7-10)15(24)11-3-5-27(25,26)8-11/h9-14H,1-8H2,(H,19,20,21)/t10-,11+,12+,13-/m1/s1. The summed E-state index contributed by atoms with van der Waals surface area (Å²) < 4.78 is 51.5. The summed E-state index contributed by atoms with van der Waals surface area (Å²) in [5.74, 6) is -0.244.